The predicted octanol–water partition coefficient (Wildman–Crippen LogP) is 2.16. The van der Waals surface area contributed by atoms with Gasteiger partial charge in [0, 0.05) is 17.6 Å². The topological polar surface area (TPSA) is 59.4 Å². The summed E-state index contributed by atoms with van der Waals surface area (Å²) >= 11 is 6.04. The highest BCUT2D eigenvalue weighted by atomic mass is 35.5. The van der Waals surface area contributed by atoms with Gasteiger partial charge >= 0.3 is 0 Å². The molecule has 3 rings (SSSR count). The number of hydrogen-bond acceptors (Lipinski definition) is 4. The number of nitrogens with one attached hydrogen (secondary N) is 1. The molecule has 2 heterocycles. The fraction of sp³-hybridized carbons (Fsp3) is 0.412. The molecular formula is C17H21ClN4O2. The number of halogens is 1. The number of morpholine rings is 1. The zero-order chi connectivity index (χ0) is 17.1. The highest BCUT2D eigenvalue weighted by Gasteiger charge is 2.27. The molecule has 1 N–H and O–H groups in total. The van der Waals surface area contributed by atoms with Crippen LogP contribution in [0, 0.1) is 6.92 Å². The number of amides is 1. The summed E-state index contributed by atoms with van der Waals surface area (Å²) in [5, 5.41) is 8.12. The normalized spacial score (nSPS) is 18.5. The molecule has 128 valence electrons. The Kier molecular flexibility index (Phi) is 5.18. The Morgan fingerprint density at radius 3 is 3.04 bits per heavy atom. The molecule has 1 atom stereocenters. The Labute approximate surface area is 146 Å². The van der Waals surface area contributed by atoms with Crippen LogP contribution in [0.2, 0.25) is 5.02 Å². The van der Waals surface area contributed by atoms with Crippen LogP contribution in [0.25, 0.3) is 0 Å². The molecule has 0 spiro atoms. The van der Waals surface area contributed by atoms with E-state index in [-0.39, 0.29) is 11.9 Å². The van der Waals surface area contributed by atoms with Crippen LogP contribution < -0.4 is 5.32 Å². The lowest BCUT2D eigenvalue weighted by Crippen LogP contribution is -2.50. The molecule has 0 radical (unpaired) electrons. The van der Waals surface area contributed by atoms with E-state index >= 15 is 0 Å². The van der Waals surface area contributed by atoms with E-state index in [1.165, 1.54) is 0 Å². The van der Waals surface area contributed by atoms with Gasteiger partial charge in [0.2, 0.25) is 5.91 Å². The number of aryl methyl sites for hydroxylation is 1. The highest BCUT2D eigenvalue weighted by Crippen LogP contribution is 2.17. The van der Waals surface area contributed by atoms with E-state index < -0.39 is 0 Å². The molecule has 2 aromatic rings. The van der Waals surface area contributed by atoms with Crippen molar-refractivity contribution in [2.45, 2.75) is 19.5 Å². The number of carbonyl (C=O) groups excluding carboxylic acids is 1. The molecule has 0 aliphatic carbocycles. The van der Waals surface area contributed by atoms with Crippen LogP contribution in [-0.4, -0.2) is 53.4 Å². The van der Waals surface area contributed by atoms with Gasteiger partial charge in [0.25, 0.3) is 0 Å². The third-order valence-electron chi connectivity index (χ3n) is 4.07. The van der Waals surface area contributed by atoms with Gasteiger partial charge in [0.1, 0.15) is 11.9 Å². The minimum absolute atomic E-state index is 0.0792. The second-order valence-corrected chi connectivity index (χ2v) is 6.46. The second-order valence-electron chi connectivity index (χ2n) is 6.02. The zero-order valence-corrected chi connectivity index (χ0v) is 14.6. The Bertz CT molecular complexity index is 731. The van der Waals surface area contributed by atoms with Crippen LogP contribution in [0.5, 0.6) is 0 Å². The van der Waals surface area contributed by atoms with Crippen LogP contribution in [0.4, 0.5) is 5.82 Å². The third-order valence-corrected chi connectivity index (χ3v) is 4.31. The van der Waals surface area contributed by atoms with E-state index in [2.05, 4.69) is 10.4 Å². The van der Waals surface area contributed by atoms with Gasteiger partial charge in [-0.3, -0.25) is 9.69 Å². The van der Waals surface area contributed by atoms with Crippen molar-refractivity contribution in [2.75, 3.05) is 32.1 Å². The first-order valence-corrected chi connectivity index (χ1v) is 8.28. The summed E-state index contributed by atoms with van der Waals surface area (Å²) in [5.41, 5.74) is 1.87. The standard InChI is InChI=1S/C17H21ClN4O2/c1-12-8-16(19-17(23)15-11-24-7-6-21(15)2)22(20-12)10-13-4-3-5-14(18)9-13/h3-5,8-9,15H,6-7,10-11H2,1-2H3,(H,19,23)/t15-/m1/s1. The molecule has 1 amide bonds. The van der Waals surface area contributed by atoms with Crippen molar-refractivity contribution in [3.63, 3.8) is 0 Å². The maximum atomic E-state index is 12.6. The lowest BCUT2D eigenvalue weighted by Gasteiger charge is -2.31. The molecule has 1 aromatic heterocycles. The van der Waals surface area contributed by atoms with Crippen molar-refractivity contribution < 1.29 is 9.53 Å². The van der Waals surface area contributed by atoms with Crippen LogP contribution in [-0.2, 0) is 16.1 Å². The van der Waals surface area contributed by atoms with Crippen molar-refractivity contribution >= 4 is 23.3 Å². The number of benzene rings is 1. The van der Waals surface area contributed by atoms with Gasteiger partial charge in [0.05, 0.1) is 25.5 Å². The van der Waals surface area contributed by atoms with E-state index in [0.717, 1.165) is 17.8 Å². The summed E-state index contributed by atoms with van der Waals surface area (Å²) in [6, 6.07) is 9.20. The summed E-state index contributed by atoms with van der Waals surface area (Å²) in [4.78, 5) is 14.6. The molecule has 6 nitrogen and oxygen atoms in total. The smallest absolute Gasteiger partial charge is 0.245 e. The molecule has 7 heteroatoms. The van der Waals surface area contributed by atoms with Gasteiger partial charge < -0.3 is 10.1 Å². The van der Waals surface area contributed by atoms with E-state index in [4.69, 9.17) is 16.3 Å². The van der Waals surface area contributed by atoms with E-state index in [9.17, 15) is 4.79 Å². The lowest BCUT2D eigenvalue weighted by molar-refractivity contribution is -0.126. The van der Waals surface area contributed by atoms with Gasteiger partial charge in [0.15, 0.2) is 0 Å². The summed E-state index contributed by atoms with van der Waals surface area (Å²) in [6.07, 6.45) is 0. The minimum atomic E-state index is -0.284. The van der Waals surface area contributed by atoms with Gasteiger partial charge in [-0.2, -0.15) is 5.10 Å². The largest absolute Gasteiger partial charge is 0.378 e. The molecule has 1 saturated heterocycles. The van der Waals surface area contributed by atoms with Crippen molar-refractivity contribution in [1.82, 2.24) is 14.7 Å². The SMILES string of the molecule is Cc1cc(NC(=O)[C@H]2COCCN2C)n(Cc2cccc(Cl)c2)n1. The number of anilines is 1. The summed E-state index contributed by atoms with van der Waals surface area (Å²) in [5.74, 6) is 0.598. The average Bonchev–Trinajstić information content (AvgIpc) is 2.87. The van der Waals surface area contributed by atoms with Crippen molar-refractivity contribution in [2.24, 2.45) is 0 Å². The lowest BCUT2D eigenvalue weighted by atomic mass is 10.2. The molecule has 1 aromatic carbocycles. The second kappa shape index (κ2) is 7.34. The first-order chi connectivity index (χ1) is 11.5. The minimum Gasteiger partial charge on any atom is -0.378 e. The Morgan fingerprint density at radius 1 is 1.46 bits per heavy atom. The van der Waals surface area contributed by atoms with Crippen LogP contribution in [0.3, 0.4) is 0 Å². The third kappa shape index (κ3) is 3.95. The molecule has 1 aliphatic rings. The number of hydrogen-bond donors (Lipinski definition) is 1. The summed E-state index contributed by atoms with van der Waals surface area (Å²) in [6.45, 7) is 4.26. The number of carbonyl (C=O) groups is 1. The summed E-state index contributed by atoms with van der Waals surface area (Å²) in [7, 11) is 1.93. The Hall–Kier alpha value is -1.89. The van der Waals surface area contributed by atoms with Crippen molar-refractivity contribution in [1.29, 1.82) is 0 Å². The number of ether oxygens (including phenoxy) is 1. The maximum absolute atomic E-state index is 12.6. The summed E-state index contributed by atoms with van der Waals surface area (Å²) < 4.78 is 7.20. The first-order valence-electron chi connectivity index (χ1n) is 7.90. The molecule has 0 bridgehead atoms. The maximum Gasteiger partial charge on any atom is 0.245 e. The first kappa shape index (κ1) is 17.0. The van der Waals surface area contributed by atoms with Crippen LogP contribution in [0.15, 0.2) is 30.3 Å². The van der Waals surface area contributed by atoms with Gasteiger partial charge in [-0.1, -0.05) is 23.7 Å². The Morgan fingerprint density at radius 2 is 2.29 bits per heavy atom. The molecule has 1 fully saturated rings. The highest BCUT2D eigenvalue weighted by molar-refractivity contribution is 6.30. The number of aromatic nitrogens is 2. The van der Waals surface area contributed by atoms with E-state index in [0.29, 0.717) is 30.6 Å². The molecule has 24 heavy (non-hydrogen) atoms. The number of rotatable bonds is 4. The zero-order valence-electron chi connectivity index (χ0n) is 13.8. The van der Waals surface area contributed by atoms with Crippen molar-refractivity contribution in [3.8, 4) is 0 Å². The molecule has 0 saturated carbocycles. The van der Waals surface area contributed by atoms with Gasteiger partial charge in [-0.25, -0.2) is 4.68 Å². The fourth-order valence-electron chi connectivity index (χ4n) is 2.75. The Balaban J connectivity index is 1.75. The fourth-order valence-corrected chi connectivity index (χ4v) is 2.96. The van der Waals surface area contributed by atoms with Crippen LogP contribution in [0.1, 0.15) is 11.3 Å². The van der Waals surface area contributed by atoms with Crippen molar-refractivity contribution in [3.05, 3.63) is 46.6 Å². The van der Waals surface area contributed by atoms with Gasteiger partial charge in [-0.15, -0.1) is 0 Å². The van der Waals surface area contributed by atoms with E-state index in [1.54, 1.807) is 4.68 Å². The van der Waals surface area contributed by atoms with Gasteiger partial charge in [-0.05, 0) is 31.7 Å². The molecule has 0 unspecified atom stereocenters. The quantitative estimate of drug-likeness (QED) is 0.920. The number of likely N-dealkylation sites (N-methyl/N-ethyl adjacent to an activating group) is 1. The molecule has 1 aliphatic heterocycles. The van der Waals surface area contributed by atoms with Crippen LogP contribution >= 0.6 is 11.6 Å². The average molecular weight is 349 g/mol. The monoisotopic (exact) mass is 348 g/mol. The molecular weight excluding hydrogens is 328 g/mol. The van der Waals surface area contributed by atoms with E-state index in [1.807, 2.05) is 49.2 Å². The predicted molar refractivity (Wildman–Crippen MR) is 93.4 cm³/mol. The number of nitrogens with zero attached hydrogens (tertiary/aromatic N) is 3.